The van der Waals surface area contributed by atoms with Gasteiger partial charge in [-0.2, -0.15) is 0 Å². The second kappa shape index (κ2) is 4.61. The number of nitrogen functional groups attached to an aromatic ring is 2. The molecule has 2 aliphatic rings. The number of likely N-dealkylation sites (N-methyl/N-ethyl adjacent to an activating group) is 1. The molecule has 1 aromatic carbocycles. The van der Waals surface area contributed by atoms with Crippen molar-refractivity contribution in [3.05, 3.63) is 54.1 Å². The van der Waals surface area contributed by atoms with Crippen LogP contribution in [0.15, 0.2) is 54.1 Å². The molecule has 0 radical (unpaired) electrons. The molecule has 0 unspecified atom stereocenters. The van der Waals surface area contributed by atoms with E-state index in [1.54, 1.807) is 0 Å². The number of nitrogens with zero attached hydrogens (tertiary/aromatic N) is 2. The predicted octanol–water partition coefficient (Wildman–Crippen LogP) is 2.34. The standard InChI is InChI=1S/C15H19N5/c1-10-19(2)14-5-3-4-6-15(14)20(10)11-7-8-13(18-17)12(16)9-11/h3,5,7-9,18H,1,4,6,16-17H2,2H3. The number of nitrogens with one attached hydrogen (secondary N) is 1. The topological polar surface area (TPSA) is 70.5 Å². The summed E-state index contributed by atoms with van der Waals surface area (Å²) in [7, 11) is 2.03. The lowest BCUT2D eigenvalue weighted by Gasteiger charge is -2.25. The van der Waals surface area contributed by atoms with Crippen molar-refractivity contribution in [3.63, 3.8) is 0 Å². The Kier molecular flexibility index (Phi) is 2.91. The first-order chi connectivity index (χ1) is 9.63. The van der Waals surface area contributed by atoms with Gasteiger partial charge in [0, 0.05) is 18.4 Å². The summed E-state index contributed by atoms with van der Waals surface area (Å²) >= 11 is 0. The Morgan fingerprint density at radius 1 is 1.35 bits per heavy atom. The zero-order chi connectivity index (χ0) is 14.3. The summed E-state index contributed by atoms with van der Waals surface area (Å²) in [6, 6.07) is 5.80. The number of nitrogens with two attached hydrogens (primary N) is 2. The Morgan fingerprint density at radius 3 is 2.85 bits per heavy atom. The van der Waals surface area contributed by atoms with E-state index in [0.29, 0.717) is 5.69 Å². The average molecular weight is 269 g/mol. The lowest BCUT2D eigenvalue weighted by atomic mass is 10.1. The molecule has 1 aromatic rings. The van der Waals surface area contributed by atoms with E-state index in [9.17, 15) is 0 Å². The van der Waals surface area contributed by atoms with E-state index in [1.165, 1.54) is 11.4 Å². The van der Waals surface area contributed by atoms with Crippen LogP contribution in [0, 0.1) is 0 Å². The van der Waals surface area contributed by atoms with Crippen molar-refractivity contribution < 1.29 is 0 Å². The minimum atomic E-state index is 0.626. The molecule has 20 heavy (non-hydrogen) atoms. The van der Waals surface area contributed by atoms with Gasteiger partial charge in [-0.05, 0) is 37.1 Å². The molecule has 0 saturated heterocycles. The van der Waals surface area contributed by atoms with Gasteiger partial charge in [-0.3, -0.25) is 10.7 Å². The summed E-state index contributed by atoms with van der Waals surface area (Å²) < 4.78 is 0. The first-order valence-corrected chi connectivity index (χ1v) is 6.62. The lowest BCUT2D eigenvalue weighted by molar-refractivity contribution is 0.556. The zero-order valence-corrected chi connectivity index (χ0v) is 11.6. The molecule has 1 aliphatic heterocycles. The number of hydrogen-bond donors (Lipinski definition) is 3. The predicted molar refractivity (Wildman–Crippen MR) is 83.4 cm³/mol. The number of hydrazine groups is 1. The molecule has 0 atom stereocenters. The van der Waals surface area contributed by atoms with E-state index in [2.05, 4.69) is 34.0 Å². The van der Waals surface area contributed by atoms with Crippen LogP contribution in [-0.2, 0) is 0 Å². The molecule has 5 N–H and O–H groups in total. The first-order valence-electron chi connectivity index (χ1n) is 6.62. The van der Waals surface area contributed by atoms with Crippen LogP contribution in [0.2, 0.25) is 0 Å². The highest BCUT2D eigenvalue weighted by Gasteiger charge is 2.31. The van der Waals surface area contributed by atoms with Crippen molar-refractivity contribution in [1.82, 2.24) is 4.90 Å². The van der Waals surface area contributed by atoms with E-state index in [4.69, 9.17) is 11.6 Å². The van der Waals surface area contributed by atoms with Crippen molar-refractivity contribution in [2.24, 2.45) is 5.84 Å². The average Bonchev–Trinajstić information content (AvgIpc) is 2.71. The Labute approximate surface area is 118 Å². The van der Waals surface area contributed by atoms with Crippen LogP contribution < -0.4 is 21.9 Å². The van der Waals surface area contributed by atoms with Crippen LogP contribution in [0.3, 0.4) is 0 Å². The second-order valence-corrected chi connectivity index (χ2v) is 5.00. The quantitative estimate of drug-likeness (QED) is 0.437. The third-order valence-corrected chi connectivity index (χ3v) is 3.84. The van der Waals surface area contributed by atoms with E-state index in [-0.39, 0.29) is 0 Å². The highest BCUT2D eigenvalue weighted by atomic mass is 15.4. The molecular formula is C15H19N5. The van der Waals surface area contributed by atoms with Crippen LogP contribution in [-0.4, -0.2) is 11.9 Å². The van der Waals surface area contributed by atoms with Crippen LogP contribution in [0.4, 0.5) is 17.1 Å². The normalized spacial score (nSPS) is 17.8. The molecule has 5 nitrogen and oxygen atoms in total. The molecule has 3 rings (SSSR count). The number of anilines is 3. The maximum Gasteiger partial charge on any atom is 0.110 e. The number of benzene rings is 1. The van der Waals surface area contributed by atoms with Gasteiger partial charge >= 0.3 is 0 Å². The molecule has 0 fully saturated rings. The summed E-state index contributed by atoms with van der Waals surface area (Å²) in [6.07, 6.45) is 6.41. The van der Waals surface area contributed by atoms with Crippen LogP contribution in [0.5, 0.6) is 0 Å². The van der Waals surface area contributed by atoms with Gasteiger partial charge in [0.2, 0.25) is 0 Å². The fourth-order valence-electron chi connectivity index (χ4n) is 2.74. The van der Waals surface area contributed by atoms with Crippen molar-refractivity contribution in [2.75, 3.05) is 23.1 Å². The highest BCUT2D eigenvalue weighted by molar-refractivity contribution is 5.75. The SMILES string of the molecule is C=C1N(C)C2=C(CCC=C2)N1c1ccc(NN)c(N)c1. The Bertz CT molecular complexity index is 629. The van der Waals surface area contributed by atoms with Gasteiger partial charge in [0.1, 0.15) is 5.82 Å². The molecule has 0 bridgehead atoms. The number of rotatable bonds is 2. The molecule has 0 amide bonds. The maximum atomic E-state index is 6.01. The molecule has 0 spiro atoms. The second-order valence-electron chi connectivity index (χ2n) is 5.00. The smallest absolute Gasteiger partial charge is 0.110 e. The van der Waals surface area contributed by atoms with Crippen LogP contribution in [0.1, 0.15) is 12.8 Å². The molecular weight excluding hydrogens is 250 g/mol. The fraction of sp³-hybridized carbons (Fsp3) is 0.200. The molecule has 0 aromatic heterocycles. The van der Waals surface area contributed by atoms with E-state index in [1.807, 2.05) is 25.2 Å². The van der Waals surface area contributed by atoms with Gasteiger partial charge in [0.25, 0.3) is 0 Å². The van der Waals surface area contributed by atoms with Gasteiger partial charge in [-0.25, -0.2) is 0 Å². The Balaban J connectivity index is 2.05. The molecule has 1 aliphatic carbocycles. The summed E-state index contributed by atoms with van der Waals surface area (Å²) in [5.74, 6) is 6.36. The van der Waals surface area contributed by atoms with E-state index in [0.717, 1.165) is 30.0 Å². The largest absolute Gasteiger partial charge is 0.397 e. The Hall–Kier alpha value is -2.40. The van der Waals surface area contributed by atoms with Crippen molar-refractivity contribution in [1.29, 1.82) is 0 Å². The molecule has 5 heteroatoms. The van der Waals surface area contributed by atoms with Crippen molar-refractivity contribution >= 4 is 17.1 Å². The zero-order valence-electron chi connectivity index (χ0n) is 11.6. The summed E-state index contributed by atoms with van der Waals surface area (Å²) in [5, 5.41) is 0. The number of allylic oxidation sites excluding steroid dienone is 3. The molecule has 0 saturated carbocycles. The van der Waals surface area contributed by atoms with Gasteiger partial charge in [0.15, 0.2) is 0 Å². The summed E-state index contributed by atoms with van der Waals surface area (Å²) in [6.45, 7) is 4.18. The molecule has 1 heterocycles. The van der Waals surface area contributed by atoms with Gasteiger partial charge in [-0.15, -0.1) is 0 Å². The lowest BCUT2D eigenvalue weighted by Crippen LogP contribution is -2.21. The van der Waals surface area contributed by atoms with Gasteiger partial charge < -0.3 is 16.1 Å². The first kappa shape index (κ1) is 12.6. The highest BCUT2D eigenvalue weighted by Crippen LogP contribution is 2.40. The molecule has 104 valence electrons. The van der Waals surface area contributed by atoms with Crippen molar-refractivity contribution in [3.8, 4) is 0 Å². The minimum absolute atomic E-state index is 0.626. The monoisotopic (exact) mass is 269 g/mol. The van der Waals surface area contributed by atoms with Crippen LogP contribution >= 0.6 is 0 Å². The van der Waals surface area contributed by atoms with E-state index >= 15 is 0 Å². The Morgan fingerprint density at radius 2 is 2.15 bits per heavy atom. The van der Waals surface area contributed by atoms with Gasteiger partial charge in [-0.1, -0.05) is 12.7 Å². The fourth-order valence-corrected chi connectivity index (χ4v) is 2.74. The third-order valence-electron chi connectivity index (χ3n) is 3.84. The van der Waals surface area contributed by atoms with Crippen molar-refractivity contribution in [2.45, 2.75) is 12.8 Å². The maximum absolute atomic E-state index is 6.01. The summed E-state index contributed by atoms with van der Waals surface area (Å²) in [5.41, 5.74) is 13.4. The number of hydrogen-bond acceptors (Lipinski definition) is 5. The van der Waals surface area contributed by atoms with Crippen LogP contribution in [0.25, 0.3) is 0 Å². The third kappa shape index (κ3) is 1.75. The van der Waals surface area contributed by atoms with E-state index < -0.39 is 0 Å². The minimum Gasteiger partial charge on any atom is -0.397 e. The van der Waals surface area contributed by atoms with Gasteiger partial charge in [0.05, 0.1) is 17.1 Å². The summed E-state index contributed by atoms with van der Waals surface area (Å²) in [4.78, 5) is 4.27.